The van der Waals surface area contributed by atoms with Gasteiger partial charge in [0, 0.05) is 6.54 Å². The Balaban J connectivity index is 2.18. The molecule has 6 heteroatoms. The van der Waals surface area contributed by atoms with Crippen LogP contribution in [0.1, 0.15) is 12.8 Å². The number of hydrogen-bond donors (Lipinski definition) is 3. The maximum Gasteiger partial charge on any atom is 0.322 e. The SMILES string of the molecule is O=CNCCCC1NC(=O)NC1=O. The van der Waals surface area contributed by atoms with Crippen LogP contribution < -0.4 is 16.0 Å². The summed E-state index contributed by atoms with van der Waals surface area (Å²) in [6.07, 6.45) is 1.81. The van der Waals surface area contributed by atoms with Gasteiger partial charge in [-0.3, -0.25) is 14.9 Å². The highest BCUT2D eigenvalue weighted by atomic mass is 16.2. The highest BCUT2D eigenvalue weighted by molar-refractivity contribution is 6.04. The summed E-state index contributed by atoms with van der Waals surface area (Å²) in [6.45, 7) is 0.517. The van der Waals surface area contributed by atoms with Gasteiger partial charge in [0.05, 0.1) is 0 Å². The Kier molecular flexibility index (Phi) is 3.24. The second-order valence-corrected chi connectivity index (χ2v) is 2.73. The second-order valence-electron chi connectivity index (χ2n) is 2.73. The van der Waals surface area contributed by atoms with Gasteiger partial charge < -0.3 is 10.6 Å². The molecule has 1 fully saturated rings. The molecule has 72 valence electrons. The molecular weight excluding hydrogens is 174 g/mol. The molecule has 1 rings (SSSR count). The predicted molar refractivity (Wildman–Crippen MR) is 43.8 cm³/mol. The van der Waals surface area contributed by atoms with Crippen molar-refractivity contribution in [1.29, 1.82) is 0 Å². The van der Waals surface area contributed by atoms with Crippen molar-refractivity contribution in [2.75, 3.05) is 6.54 Å². The topological polar surface area (TPSA) is 87.3 Å². The summed E-state index contributed by atoms with van der Waals surface area (Å²) in [5, 5.41) is 7.07. The molecule has 0 aromatic carbocycles. The summed E-state index contributed by atoms with van der Waals surface area (Å²) in [5.41, 5.74) is 0. The van der Waals surface area contributed by atoms with Crippen molar-refractivity contribution in [3.05, 3.63) is 0 Å². The van der Waals surface area contributed by atoms with E-state index in [1.54, 1.807) is 0 Å². The quantitative estimate of drug-likeness (QED) is 0.283. The Labute approximate surface area is 75.1 Å². The lowest BCUT2D eigenvalue weighted by molar-refractivity contribution is -0.120. The molecule has 1 atom stereocenters. The minimum absolute atomic E-state index is 0.295. The van der Waals surface area contributed by atoms with E-state index >= 15 is 0 Å². The van der Waals surface area contributed by atoms with Crippen LogP contribution in [0.15, 0.2) is 0 Å². The number of hydrogen-bond acceptors (Lipinski definition) is 3. The van der Waals surface area contributed by atoms with Crippen LogP contribution in [0.5, 0.6) is 0 Å². The molecule has 0 aromatic rings. The Morgan fingerprint density at radius 1 is 1.46 bits per heavy atom. The Bertz CT molecular complexity index is 229. The van der Waals surface area contributed by atoms with E-state index in [1.807, 2.05) is 0 Å². The van der Waals surface area contributed by atoms with Crippen LogP contribution in [0.4, 0.5) is 4.79 Å². The van der Waals surface area contributed by atoms with Crippen LogP contribution >= 0.6 is 0 Å². The van der Waals surface area contributed by atoms with Crippen LogP contribution in [0.3, 0.4) is 0 Å². The number of imide groups is 1. The summed E-state index contributed by atoms with van der Waals surface area (Å²) >= 11 is 0. The van der Waals surface area contributed by atoms with Crippen molar-refractivity contribution in [2.45, 2.75) is 18.9 Å². The molecule has 0 aromatic heterocycles. The van der Waals surface area contributed by atoms with Crippen LogP contribution in [0.2, 0.25) is 0 Å². The lowest BCUT2D eigenvalue weighted by Crippen LogP contribution is -2.29. The van der Waals surface area contributed by atoms with Crippen molar-refractivity contribution < 1.29 is 14.4 Å². The van der Waals surface area contributed by atoms with Crippen LogP contribution in [0, 0.1) is 0 Å². The molecule has 1 saturated heterocycles. The molecule has 1 aliphatic heterocycles. The standard InChI is InChI=1S/C7H11N3O3/c11-4-8-3-1-2-5-6(12)10-7(13)9-5/h4-5H,1-3H2,(H,8,11)(H2,9,10,12,13). The highest BCUT2D eigenvalue weighted by Crippen LogP contribution is 2.00. The summed E-state index contributed by atoms with van der Waals surface area (Å²) in [5.74, 6) is -0.295. The first-order valence-corrected chi connectivity index (χ1v) is 4.02. The van der Waals surface area contributed by atoms with Gasteiger partial charge in [-0.15, -0.1) is 0 Å². The minimum Gasteiger partial charge on any atom is -0.359 e. The summed E-state index contributed by atoms with van der Waals surface area (Å²) in [7, 11) is 0. The summed E-state index contributed by atoms with van der Waals surface area (Å²) in [4.78, 5) is 31.5. The average molecular weight is 185 g/mol. The number of rotatable bonds is 5. The molecule has 1 aliphatic rings. The number of carbonyl (C=O) groups is 3. The van der Waals surface area contributed by atoms with E-state index in [1.165, 1.54) is 0 Å². The van der Waals surface area contributed by atoms with Crippen molar-refractivity contribution in [3.8, 4) is 0 Å². The molecule has 0 spiro atoms. The normalized spacial score (nSPS) is 20.8. The molecule has 1 unspecified atom stereocenters. The van der Waals surface area contributed by atoms with Crippen LogP contribution in [-0.4, -0.2) is 30.9 Å². The molecule has 6 nitrogen and oxygen atoms in total. The Morgan fingerprint density at radius 2 is 2.23 bits per heavy atom. The van der Waals surface area contributed by atoms with Crippen molar-refractivity contribution in [2.24, 2.45) is 0 Å². The molecule has 13 heavy (non-hydrogen) atoms. The van der Waals surface area contributed by atoms with E-state index in [0.29, 0.717) is 25.8 Å². The van der Waals surface area contributed by atoms with E-state index in [0.717, 1.165) is 0 Å². The molecule has 1 heterocycles. The molecule has 0 bridgehead atoms. The fraction of sp³-hybridized carbons (Fsp3) is 0.571. The number of urea groups is 1. The van der Waals surface area contributed by atoms with Gasteiger partial charge in [0.2, 0.25) is 6.41 Å². The van der Waals surface area contributed by atoms with Gasteiger partial charge in [-0.05, 0) is 12.8 Å². The molecular formula is C7H11N3O3. The third-order valence-corrected chi connectivity index (χ3v) is 1.76. The Hall–Kier alpha value is -1.59. The third kappa shape index (κ3) is 2.73. The smallest absolute Gasteiger partial charge is 0.322 e. The van der Waals surface area contributed by atoms with Gasteiger partial charge >= 0.3 is 6.03 Å². The van der Waals surface area contributed by atoms with Crippen LogP contribution in [-0.2, 0) is 9.59 Å². The molecule has 0 radical (unpaired) electrons. The maximum absolute atomic E-state index is 11.0. The first kappa shape index (κ1) is 9.50. The second kappa shape index (κ2) is 4.44. The minimum atomic E-state index is -0.446. The molecule has 4 amide bonds. The van der Waals surface area contributed by atoms with E-state index in [-0.39, 0.29) is 5.91 Å². The lowest BCUT2D eigenvalue weighted by Gasteiger charge is -2.05. The van der Waals surface area contributed by atoms with Crippen molar-refractivity contribution in [1.82, 2.24) is 16.0 Å². The summed E-state index contributed by atoms with van der Waals surface area (Å²) in [6, 6.07) is -0.890. The van der Waals surface area contributed by atoms with Gasteiger partial charge in [0.1, 0.15) is 6.04 Å². The average Bonchev–Trinajstić information content (AvgIpc) is 2.39. The van der Waals surface area contributed by atoms with Crippen LogP contribution in [0.25, 0.3) is 0 Å². The largest absolute Gasteiger partial charge is 0.359 e. The fourth-order valence-electron chi connectivity index (χ4n) is 1.13. The molecule has 3 N–H and O–H groups in total. The van der Waals surface area contributed by atoms with E-state index in [2.05, 4.69) is 16.0 Å². The van der Waals surface area contributed by atoms with Gasteiger partial charge in [-0.25, -0.2) is 4.79 Å². The lowest BCUT2D eigenvalue weighted by atomic mass is 10.1. The molecule has 0 saturated carbocycles. The van der Waals surface area contributed by atoms with Gasteiger partial charge in [0.25, 0.3) is 5.91 Å². The van der Waals surface area contributed by atoms with Gasteiger partial charge in [-0.2, -0.15) is 0 Å². The highest BCUT2D eigenvalue weighted by Gasteiger charge is 2.28. The third-order valence-electron chi connectivity index (χ3n) is 1.76. The van der Waals surface area contributed by atoms with Crippen molar-refractivity contribution >= 4 is 18.3 Å². The zero-order valence-electron chi connectivity index (χ0n) is 7.00. The Morgan fingerprint density at radius 3 is 2.77 bits per heavy atom. The number of nitrogens with one attached hydrogen (secondary N) is 3. The maximum atomic E-state index is 11.0. The zero-order valence-corrected chi connectivity index (χ0v) is 7.00. The number of carbonyl (C=O) groups excluding carboxylic acids is 3. The first-order valence-electron chi connectivity index (χ1n) is 4.02. The van der Waals surface area contributed by atoms with Gasteiger partial charge in [0.15, 0.2) is 0 Å². The van der Waals surface area contributed by atoms with E-state index in [9.17, 15) is 14.4 Å². The predicted octanol–water partition coefficient (Wildman–Crippen LogP) is -1.28. The zero-order chi connectivity index (χ0) is 9.68. The fourth-order valence-corrected chi connectivity index (χ4v) is 1.13. The summed E-state index contributed by atoms with van der Waals surface area (Å²) < 4.78 is 0. The molecule has 0 aliphatic carbocycles. The number of amides is 4. The first-order chi connectivity index (χ1) is 6.24. The van der Waals surface area contributed by atoms with E-state index < -0.39 is 12.1 Å². The van der Waals surface area contributed by atoms with Crippen molar-refractivity contribution in [3.63, 3.8) is 0 Å². The van der Waals surface area contributed by atoms with Gasteiger partial charge in [-0.1, -0.05) is 0 Å². The monoisotopic (exact) mass is 185 g/mol. The van der Waals surface area contributed by atoms with E-state index in [4.69, 9.17) is 0 Å².